The molecule has 2 heterocycles. The van der Waals surface area contributed by atoms with Crippen LogP contribution in [0.1, 0.15) is 5.89 Å². The van der Waals surface area contributed by atoms with Crippen LogP contribution in [-0.2, 0) is 16.1 Å². The quantitative estimate of drug-likeness (QED) is 0.709. The van der Waals surface area contributed by atoms with Crippen LogP contribution in [0.4, 0.5) is 11.4 Å². The maximum Gasteiger partial charge on any atom is 0.238 e. The Kier molecular flexibility index (Phi) is 5.55. The van der Waals surface area contributed by atoms with Crippen LogP contribution >= 0.6 is 0 Å². The van der Waals surface area contributed by atoms with Crippen LogP contribution in [0.5, 0.6) is 0 Å². The number of aromatic nitrogens is 1. The fourth-order valence-corrected chi connectivity index (χ4v) is 3.30. The van der Waals surface area contributed by atoms with Crippen LogP contribution in [0.2, 0.25) is 0 Å². The molecular weight excluding hydrogens is 356 g/mol. The molecule has 1 saturated heterocycles. The number of likely N-dealkylation sites (N-methyl/N-ethyl adjacent to an activating group) is 1. The molecule has 146 valence electrons. The molecule has 1 fully saturated rings. The molecule has 3 aromatic rings. The van der Waals surface area contributed by atoms with E-state index in [0.717, 1.165) is 48.8 Å². The van der Waals surface area contributed by atoms with E-state index in [2.05, 4.69) is 15.2 Å². The number of oxazole rings is 1. The summed E-state index contributed by atoms with van der Waals surface area (Å²) in [6.45, 7) is 4.02. The van der Waals surface area contributed by atoms with Crippen LogP contribution in [0.15, 0.2) is 52.9 Å². The summed E-state index contributed by atoms with van der Waals surface area (Å²) >= 11 is 0. The van der Waals surface area contributed by atoms with Gasteiger partial charge in [0.1, 0.15) is 5.52 Å². The minimum atomic E-state index is -0.0715. The number of nitrogens with zero attached hydrogens (tertiary/aromatic N) is 3. The summed E-state index contributed by atoms with van der Waals surface area (Å²) in [6.07, 6.45) is 0. The monoisotopic (exact) mass is 380 g/mol. The lowest BCUT2D eigenvalue weighted by Crippen LogP contribution is -2.36. The summed E-state index contributed by atoms with van der Waals surface area (Å²) in [6, 6.07) is 15.6. The van der Waals surface area contributed by atoms with Gasteiger partial charge in [-0.15, -0.1) is 0 Å². The van der Waals surface area contributed by atoms with E-state index in [4.69, 9.17) is 9.15 Å². The molecule has 0 spiro atoms. The van der Waals surface area contributed by atoms with E-state index < -0.39 is 0 Å². The molecule has 0 radical (unpaired) electrons. The predicted molar refractivity (Wildman–Crippen MR) is 108 cm³/mol. The van der Waals surface area contributed by atoms with Gasteiger partial charge in [-0.3, -0.25) is 9.69 Å². The van der Waals surface area contributed by atoms with Crippen molar-refractivity contribution in [2.24, 2.45) is 0 Å². The van der Waals surface area contributed by atoms with E-state index in [9.17, 15) is 4.79 Å². The summed E-state index contributed by atoms with van der Waals surface area (Å²) in [7, 11) is 1.87. The molecule has 7 nitrogen and oxygen atoms in total. The van der Waals surface area contributed by atoms with Gasteiger partial charge in [0.05, 0.1) is 26.3 Å². The lowest BCUT2D eigenvalue weighted by molar-refractivity contribution is -0.117. The van der Waals surface area contributed by atoms with E-state index in [0.29, 0.717) is 12.4 Å². The number of rotatable bonds is 6. The van der Waals surface area contributed by atoms with Crippen molar-refractivity contribution in [3.8, 4) is 0 Å². The molecule has 0 saturated carbocycles. The number of hydrogen-bond acceptors (Lipinski definition) is 6. The number of amides is 1. The normalized spacial score (nSPS) is 14.6. The Labute approximate surface area is 163 Å². The van der Waals surface area contributed by atoms with Crippen LogP contribution in [0, 0.1) is 0 Å². The number of nitrogens with one attached hydrogen (secondary N) is 1. The zero-order valence-corrected chi connectivity index (χ0v) is 15.9. The average Bonchev–Trinajstić information content (AvgIpc) is 3.11. The standard InChI is InChI=1S/C21H24N4O3/c1-24(15-21-23-18-4-2-3-5-19(18)28-21)14-20(26)22-16-6-8-17(9-7-16)25-10-12-27-13-11-25/h2-9H,10-15H2,1H3,(H,22,26). The summed E-state index contributed by atoms with van der Waals surface area (Å²) in [5.41, 5.74) is 3.53. The second kappa shape index (κ2) is 8.41. The highest BCUT2D eigenvalue weighted by Crippen LogP contribution is 2.19. The highest BCUT2D eigenvalue weighted by atomic mass is 16.5. The first-order chi connectivity index (χ1) is 13.7. The number of benzene rings is 2. The molecule has 1 N–H and O–H groups in total. The number of para-hydroxylation sites is 2. The van der Waals surface area contributed by atoms with Crippen molar-refractivity contribution in [1.82, 2.24) is 9.88 Å². The summed E-state index contributed by atoms with van der Waals surface area (Å²) in [5.74, 6) is 0.532. The minimum absolute atomic E-state index is 0.0715. The maximum absolute atomic E-state index is 12.3. The molecule has 0 aliphatic carbocycles. The lowest BCUT2D eigenvalue weighted by Gasteiger charge is -2.28. The average molecular weight is 380 g/mol. The molecule has 7 heteroatoms. The molecule has 4 rings (SSSR count). The topological polar surface area (TPSA) is 70.8 Å². The number of fused-ring (bicyclic) bond motifs is 1. The largest absolute Gasteiger partial charge is 0.439 e. The summed E-state index contributed by atoms with van der Waals surface area (Å²) < 4.78 is 11.1. The Morgan fingerprint density at radius 3 is 2.64 bits per heavy atom. The molecule has 0 bridgehead atoms. The third kappa shape index (κ3) is 4.49. The van der Waals surface area contributed by atoms with Crippen molar-refractivity contribution in [3.63, 3.8) is 0 Å². The zero-order chi connectivity index (χ0) is 19.3. The van der Waals surface area contributed by atoms with E-state index >= 15 is 0 Å². The van der Waals surface area contributed by atoms with Crippen LogP contribution in [-0.4, -0.2) is 55.7 Å². The second-order valence-electron chi connectivity index (χ2n) is 6.94. The van der Waals surface area contributed by atoms with Crippen molar-refractivity contribution < 1.29 is 13.9 Å². The predicted octanol–water partition coefficient (Wildman–Crippen LogP) is 2.73. The molecule has 1 aliphatic rings. The zero-order valence-electron chi connectivity index (χ0n) is 15.9. The van der Waals surface area contributed by atoms with E-state index in [-0.39, 0.29) is 12.5 Å². The molecule has 1 aromatic heterocycles. The van der Waals surface area contributed by atoms with Gasteiger partial charge < -0.3 is 19.4 Å². The SMILES string of the molecule is CN(CC(=O)Nc1ccc(N2CCOCC2)cc1)Cc1nc2ccccc2o1. The van der Waals surface area contributed by atoms with Gasteiger partial charge in [0.15, 0.2) is 5.58 Å². The van der Waals surface area contributed by atoms with E-state index in [1.807, 2.05) is 60.5 Å². The van der Waals surface area contributed by atoms with Crippen molar-refractivity contribution in [2.45, 2.75) is 6.54 Å². The van der Waals surface area contributed by atoms with Crippen LogP contribution in [0.25, 0.3) is 11.1 Å². The Balaban J connectivity index is 1.29. The molecule has 2 aromatic carbocycles. The van der Waals surface area contributed by atoms with Crippen molar-refractivity contribution in [1.29, 1.82) is 0 Å². The third-order valence-corrected chi connectivity index (χ3v) is 4.68. The maximum atomic E-state index is 12.3. The summed E-state index contributed by atoms with van der Waals surface area (Å²) in [4.78, 5) is 20.9. The highest BCUT2D eigenvalue weighted by molar-refractivity contribution is 5.92. The number of carbonyl (C=O) groups is 1. The minimum Gasteiger partial charge on any atom is -0.439 e. The molecule has 0 unspecified atom stereocenters. The fraction of sp³-hybridized carbons (Fsp3) is 0.333. The van der Waals surface area contributed by atoms with E-state index in [1.54, 1.807) is 0 Å². The lowest BCUT2D eigenvalue weighted by atomic mass is 10.2. The van der Waals surface area contributed by atoms with Crippen molar-refractivity contribution in [2.75, 3.05) is 50.1 Å². The van der Waals surface area contributed by atoms with Crippen LogP contribution < -0.4 is 10.2 Å². The van der Waals surface area contributed by atoms with Gasteiger partial charge in [0, 0.05) is 24.5 Å². The second-order valence-corrected chi connectivity index (χ2v) is 6.94. The highest BCUT2D eigenvalue weighted by Gasteiger charge is 2.13. The number of morpholine rings is 1. The van der Waals surface area contributed by atoms with Gasteiger partial charge in [-0.1, -0.05) is 12.1 Å². The molecular formula is C21H24N4O3. The Morgan fingerprint density at radius 2 is 1.89 bits per heavy atom. The van der Waals surface area contributed by atoms with Gasteiger partial charge >= 0.3 is 0 Å². The molecule has 1 aliphatic heterocycles. The molecule has 1 amide bonds. The van der Waals surface area contributed by atoms with Crippen molar-refractivity contribution >= 4 is 28.4 Å². The van der Waals surface area contributed by atoms with Gasteiger partial charge in [0.25, 0.3) is 0 Å². The first-order valence-corrected chi connectivity index (χ1v) is 9.43. The Hall–Kier alpha value is -2.90. The Bertz CT molecular complexity index is 899. The smallest absolute Gasteiger partial charge is 0.238 e. The number of ether oxygens (including phenoxy) is 1. The molecule has 0 atom stereocenters. The first kappa shape index (κ1) is 18.5. The van der Waals surface area contributed by atoms with Gasteiger partial charge in [-0.05, 0) is 43.4 Å². The van der Waals surface area contributed by atoms with Gasteiger partial charge in [-0.25, -0.2) is 4.98 Å². The number of anilines is 2. The van der Waals surface area contributed by atoms with E-state index in [1.165, 1.54) is 0 Å². The van der Waals surface area contributed by atoms with Crippen molar-refractivity contribution in [3.05, 3.63) is 54.4 Å². The van der Waals surface area contributed by atoms with Crippen LogP contribution in [0.3, 0.4) is 0 Å². The molecule has 28 heavy (non-hydrogen) atoms. The number of hydrogen-bond donors (Lipinski definition) is 1. The fourth-order valence-electron chi connectivity index (χ4n) is 3.30. The first-order valence-electron chi connectivity index (χ1n) is 9.43. The summed E-state index contributed by atoms with van der Waals surface area (Å²) in [5, 5.41) is 2.94. The third-order valence-electron chi connectivity index (χ3n) is 4.68. The van der Waals surface area contributed by atoms with Gasteiger partial charge in [0.2, 0.25) is 11.8 Å². The number of carbonyl (C=O) groups excluding carboxylic acids is 1. The van der Waals surface area contributed by atoms with Gasteiger partial charge in [-0.2, -0.15) is 0 Å². The Morgan fingerprint density at radius 1 is 1.14 bits per heavy atom.